The molecule has 0 saturated heterocycles. The predicted molar refractivity (Wildman–Crippen MR) is 115 cm³/mol. The summed E-state index contributed by atoms with van der Waals surface area (Å²) in [5.41, 5.74) is 2.26. The molecule has 0 unspecified atom stereocenters. The van der Waals surface area contributed by atoms with Crippen molar-refractivity contribution in [3.63, 3.8) is 0 Å². The van der Waals surface area contributed by atoms with Crippen molar-refractivity contribution in [2.75, 3.05) is 0 Å². The van der Waals surface area contributed by atoms with E-state index in [0.717, 1.165) is 21.9 Å². The number of hydrogen-bond acceptors (Lipinski definition) is 3. The molecule has 0 aliphatic carbocycles. The summed E-state index contributed by atoms with van der Waals surface area (Å²) >= 11 is 0. The van der Waals surface area contributed by atoms with Crippen LogP contribution < -0.4 is 4.72 Å². The number of hydrogen-bond donors (Lipinski definition) is 2. The van der Waals surface area contributed by atoms with E-state index >= 15 is 0 Å². The molecule has 0 aliphatic heterocycles. The van der Waals surface area contributed by atoms with Crippen molar-refractivity contribution < 1.29 is 13.5 Å². The molecule has 0 aliphatic rings. The molecule has 5 heteroatoms. The quantitative estimate of drug-likeness (QED) is 0.497. The first-order valence-electron chi connectivity index (χ1n) is 9.30. The minimum Gasteiger partial charge on any atom is -0.508 e. The highest BCUT2D eigenvalue weighted by Gasteiger charge is 2.26. The highest BCUT2D eigenvalue weighted by atomic mass is 32.2. The second-order valence-corrected chi connectivity index (χ2v) is 8.71. The summed E-state index contributed by atoms with van der Waals surface area (Å²) in [5.74, 6) is 0.0455. The van der Waals surface area contributed by atoms with Gasteiger partial charge in [-0.1, -0.05) is 78.4 Å². The topological polar surface area (TPSA) is 66.4 Å². The fraction of sp³-hybridized carbons (Fsp3) is 0.0833. The molecule has 2 N–H and O–H groups in total. The van der Waals surface area contributed by atoms with Gasteiger partial charge in [-0.05, 0) is 41.5 Å². The van der Waals surface area contributed by atoms with E-state index in [9.17, 15) is 13.5 Å². The van der Waals surface area contributed by atoms with Crippen molar-refractivity contribution in [1.29, 1.82) is 0 Å². The van der Waals surface area contributed by atoms with Gasteiger partial charge in [-0.2, -0.15) is 4.72 Å². The second-order valence-electron chi connectivity index (χ2n) is 7.00. The maximum absolute atomic E-state index is 13.2. The largest absolute Gasteiger partial charge is 0.508 e. The highest BCUT2D eigenvalue weighted by molar-refractivity contribution is 7.89. The molecule has 1 atom stereocenters. The van der Waals surface area contributed by atoms with Crippen LogP contribution in [0.1, 0.15) is 22.7 Å². The molecule has 4 aromatic carbocycles. The predicted octanol–water partition coefficient (Wildman–Crippen LogP) is 4.92. The molecule has 146 valence electrons. The third kappa shape index (κ3) is 3.88. The van der Waals surface area contributed by atoms with E-state index in [1.165, 1.54) is 0 Å². The number of aromatic hydroxyl groups is 1. The summed E-state index contributed by atoms with van der Waals surface area (Å²) in [6, 6.07) is 26.3. The van der Waals surface area contributed by atoms with Crippen LogP contribution in [-0.2, 0) is 10.0 Å². The summed E-state index contributed by atoms with van der Waals surface area (Å²) < 4.78 is 29.1. The van der Waals surface area contributed by atoms with Gasteiger partial charge in [0.05, 0.1) is 10.9 Å². The first-order chi connectivity index (χ1) is 14.0. The number of fused-ring (bicyclic) bond motifs is 1. The Morgan fingerprint density at radius 3 is 2.17 bits per heavy atom. The van der Waals surface area contributed by atoms with Crippen LogP contribution in [0.25, 0.3) is 10.8 Å². The Kier molecular flexibility index (Phi) is 5.09. The molecule has 0 saturated carbocycles. The lowest BCUT2D eigenvalue weighted by molar-refractivity contribution is 0.464. The van der Waals surface area contributed by atoms with Crippen LogP contribution in [0, 0.1) is 6.92 Å². The van der Waals surface area contributed by atoms with Crippen LogP contribution in [0.3, 0.4) is 0 Å². The summed E-state index contributed by atoms with van der Waals surface area (Å²) in [5, 5.41) is 12.4. The molecule has 0 spiro atoms. The van der Waals surface area contributed by atoms with Gasteiger partial charge in [-0.25, -0.2) is 8.42 Å². The van der Waals surface area contributed by atoms with E-state index in [4.69, 9.17) is 0 Å². The van der Waals surface area contributed by atoms with Gasteiger partial charge in [0.15, 0.2) is 0 Å². The maximum atomic E-state index is 13.2. The molecule has 0 radical (unpaired) electrons. The molecular formula is C24H21NO3S. The van der Waals surface area contributed by atoms with E-state index in [0.29, 0.717) is 5.56 Å². The average Bonchev–Trinajstić information content (AvgIpc) is 2.73. The number of benzene rings is 4. The van der Waals surface area contributed by atoms with E-state index in [1.54, 1.807) is 30.3 Å². The summed E-state index contributed by atoms with van der Waals surface area (Å²) in [7, 11) is -3.82. The van der Waals surface area contributed by atoms with Crippen molar-refractivity contribution in [1.82, 2.24) is 4.72 Å². The van der Waals surface area contributed by atoms with Gasteiger partial charge in [0.1, 0.15) is 5.75 Å². The lowest BCUT2D eigenvalue weighted by atomic mass is 9.93. The van der Waals surface area contributed by atoms with Crippen molar-refractivity contribution >= 4 is 20.8 Å². The van der Waals surface area contributed by atoms with Crippen LogP contribution in [0.2, 0.25) is 0 Å². The van der Waals surface area contributed by atoms with Crippen molar-refractivity contribution in [2.45, 2.75) is 17.9 Å². The van der Waals surface area contributed by atoms with E-state index in [-0.39, 0.29) is 10.6 Å². The molecule has 29 heavy (non-hydrogen) atoms. The monoisotopic (exact) mass is 403 g/mol. The smallest absolute Gasteiger partial charge is 0.241 e. The van der Waals surface area contributed by atoms with Crippen LogP contribution >= 0.6 is 0 Å². The van der Waals surface area contributed by atoms with E-state index < -0.39 is 16.1 Å². The van der Waals surface area contributed by atoms with Crippen molar-refractivity contribution in [3.8, 4) is 5.75 Å². The zero-order chi connectivity index (χ0) is 20.4. The SMILES string of the molecule is Cc1ccc(S(=O)(=O)N[C@@H](c2ccccc2)c2c(O)ccc3ccccc23)cc1. The minimum absolute atomic E-state index is 0.0455. The van der Waals surface area contributed by atoms with Crippen molar-refractivity contribution in [3.05, 3.63) is 108 Å². The van der Waals surface area contributed by atoms with Gasteiger partial charge in [0, 0.05) is 5.56 Å². The Labute approximate surface area is 170 Å². The zero-order valence-corrected chi connectivity index (χ0v) is 16.7. The Bertz CT molecular complexity index is 1250. The highest BCUT2D eigenvalue weighted by Crippen LogP contribution is 2.36. The molecule has 4 nitrogen and oxygen atoms in total. The molecule has 4 aromatic rings. The number of rotatable bonds is 5. The Balaban J connectivity index is 1.89. The van der Waals surface area contributed by atoms with E-state index in [1.807, 2.05) is 67.6 Å². The molecule has 4 rings (SSSR count). The first kappa shape index (κ1) is 19.2. The van der Waals surface area contributed by atoms with Gasteiger partial charge >= 0.3 is 0 Å². The molecule has 0 amide bonds. The van der Waals surface area contributed by atoms with Crippen LogP contribution in [0.4, 0.5) is 0 Å². The fourth-order valence-electron chi connectivity index (χ4n) is 3.47. The number of aryl methyl sites for hydroxylation is 1. The third-order valence-corrected chi connectivity index (χ3v) is 6.41. The third-order valence-electron chi connectivity index (χ3n) is 4.97. The van der Waals surface area contributed by atoms with Crippen molar-refractivity contribution in [2.24, 2.45) is 0 Å². The Morgan fingerprint density at radius 1 is 0.793 bits per heavy atom. The Morgan fingerprint density at radius 2 is 1.45 bits per heavy atom. The van der Waals surface area contributed by atoms with Crippen LogP contribution in [0.15, 0.2) is 95.9 Å². The van der Waals surface area contributed by atoms with Gasteiger partial charge in [-0.15, -0.1) is 0 Å². The summed E-state index contributed by atoms with van der Waals surface area (Å²) in [4.78, 5) is 0.184. The molecule has 0 fully saturated rings. The van der Waals surface area contributed by atoms with E-state index in [2.05, 4.69) is 4.72 Å². The standard InChI is InChI=1S/C24H21NO3S/c1-17-11-14-20(15-12-17)29(27,28)25-24(19-8-3-2-4-9-19)23-21-10-6-5-7-18(21)13-16-22(23)26/h2-16,24-26H,1H3/t24-/m0/s1. The summed E-state index contributed by atoms with van der Waals surface area (Å²) in [6.45, 7) is 1.91. The summed E-state index contributed by atoms with van der Waals surface area (Å²) in [6.07, 6.45) is 0. The van der Waals surface area contributed by atoms with Crippen LogP contribution in [-0.4, -0.2) is 13.5 Å². The van der Waals surface area contributed by atoms with Gasteiger partial charge in [0.25, 0.3) is 0 Å². The molecule has 0 heterocycles. The zero-order valence-electron chi connectivity index (χ0n) is 15.9. The Hall–Kier alpha value is -3.15. The number of nitrogens with one attached hydrogen (secondary N) is 1. The average molecular weight is 404 g/mol. The second kappa shape index (κ2) is 7.70. The molecule has 0 bridgehead atoms. The van der Waals surface area contributed by atoms with Gasteiger partial charge in [0.2, 0.25) is 10.0 Å². The van der Waals surface area contributed by atoms with Crippen LogP contribution in [0.5, 0.6) is 5.75 Å². The van der Waals surface area contributed by atoms with Gasteiger partial charge in [-0.3, -0.25) is 0 Å². The number of sulfonamides is 1. The fourth-order valence-corrected chi connectivity index (χ4v) is 4.66. The minimum atomic E-state index is -3.82. The lowest BCUT2D eigenvalue weighted by Crippen LogP contribution is -2.29. The number of phenolic OH excluding ortho intramolecular Hbond substituents is 1. The molecular weight excluding hydrogens is 382 g/mol. The number of phenols is 1. The maximum Gasteiger partial charge on any atom is 0.241 e. The lowest BCUT2D eigenvalue weighted by Gasteiger charge is -2.22. The van der Waals surface area contributed by atoms with Gasteiger partial charge < -0.3 is 5.11 Å². The normalized spacial score (nSPS) is 12.7. The first-order valence-corrected chi connectivity index (χ1v) is 10.8. The molecule has 0 aromatic heterocycles.